The number of aliphatic hydroxyl groups excluding tert-OH is 1. The second-order valence-electron chi connectivity index (χ2n) is 8.13. The summed E-state index contributed by atoms with van der Waals surface area (Å²) in [5.74, 6) is 0.612. The molecule has 0 fully saturated rings. The molecule has 1 aliphatic heterocycles. The van der Waals surface area contributed by atoms with E-state index in [0.717, 1.165) is 26.1 Å². The third-order valence-electron chi connectivity index (χ3n) is 4.58. The molecular weight excluding hydrogens is 417 g/mol. The summed E-state index contributed by atoms with van der Waals surface area (Å²) >= 11 is 0. The van der Waals surface area contributed by atoms with E-state index in [9.17, 15) is 30.3 Å². The van der Waals surface area contributed by atoms with Crippen molar-refractivity contribution in [3.05, 3.63) is 34.4 Å². The number of aliphatic hydroxyl groups is 1. The molecule has 0 saturated heterocycles. The van der Waals surface area contributed by atoms with Crippen LogP contribution in [0.1, 0.15) is 42.5 Å². The van der Waals surface area contributed by atoms with Crippen molar-refractivity contribution in [3.8, 4) is 0 Å². The van der Waals surface area contributed by atoms with Crippen LogP contribution in [-0.2, 0) is 6.54 Å². The number of halogens is 6. The monoisotopic (exact) mass is 448 g/mol. The molecule has 0 unspecified atom stereocenters. The van der Waals surface area contributed by atoms with Gasteiger partial charge in [0.15, 0.2) is 0 Å². The molecule has 0 spiro atoms. The van der Waals surface area contributed by atoms with Crippen LogP contribution in [0, 0.1) is 26.7 Å². The van der Waals surface area contributed by atoms with Gasteiger partial charge in [-0.05, 0) is 49.8 Å². The Balaban J connectivity index is 0.000000516. The molecule has 0 bridgehead atoms. The van der Waals surface area contributed by atoms with Crippen LogP contribution in [0.4, 0.5) is 25.2 Å². The van der Waals surface area contributed by atoms with Gasteiger partial charge in [-0.1, -0.05) is 31.5 Å². The molecular formula is C19H31F6N2OP. The molecule has 0 aromatic heterocycles. The summed E-state index contributed by atoms with van der Waals surface area (Å²) in [4.78, 5) is 2.32. The molecule has 3 nitrogen and oxygen atoms in total. The summed E-state index contributed by atoms with van der Waals surface area (Å²) in [6.45, 7) is 14.3. The molecule has 29 heavy (non-hydrogen) atoms. The van der Waals surface area contributed by atoms with Crippen molar-refractivity contribution in [2.24, 2.45) is 5.92 Å². The van der Waals surface area contributed by atoms with Crippen LogP contribution in [-0.4, -0.2) is 46.7 Å². The van der Waals surface area contributed by atoms with Gasteiger partial charge in [0.05, 0.1) is 6.61 Å². The zero-order chi connectivity index (χ0) is 22.7. The van der Waals surface area contributed by atoms with Gasteiger partial charge in [0.2, 0.25) is 6.34 Å². The molecule has 1 aromatic rings. The van der Waals surface area contributed by atoms with Crippen molar-refractivity contribution >= 4 is 14.1 Å². The van der Waals surface area contributed by atoms with Gasteiger partial charge in [0, 0.05) is 0 Å². The van der Waals surface area contributed by atoms with Crippen LogP contribution in [0.5, 0.6) is 0 Å². The van der Waals surface area contributed by atoms with Gasteiger partial charge in [-0.2, -0.15) is 0 Å². The average Bonchev–Trinajstić information content (AvgIpc) is 2.93. The van der Waals surface area contributed by atoms with Crippen LogP contribution in [0.3, 0.4) is 0 Å². The molecule has 0 radical (unpaired) electrons. The first-order valence-electron chi connectivity index (χ1n) is 9.44. The van der Waals surface area contributed by atoms with Gasteiger partial charge in [0.1, 0.15) is 25.7 Å². The first-order valence-corrected chi connectivity index (χ1v) is 11.5. The fourth-order valence-corrected chi connectivity index (χ4v) is 3.49. The number of benzene rings is 1. The Labute approximate surface area is 168 Å². The van der Waals surface area contributed by atoms with E-state index in [1.165, 1.54) is 22.3 Å². The standard InChI is InChI=1S/C19H31N2O.F6P/c1-14(2)8-18(12-22)21-7-6-20(13-21)11-19-16(4)9-15(3)10-17(19)5;1-7(2,3,4,5)6/h9-10,13-14,18,22H,6-8,11-12H2,1-5H3;/q+1;-1/t18-;/m0./s1. The number of hydrogen-bond acceptors (Lipinski definition) is 2. The molecule has 1 aromatic carbocycles. The van der Waals surface area contributed by atoms with E-state index in [0.29, 0.717) is 5.92 Å². The van der Waals surface area contributed by atoms with E-state index in [2.05, 4.69) is 62.6 Å². The van der Waals surface area contributed by atoms with Crippen molar-refractivity contribution in [2.45, 2.75) is 53.6 Å². The Morgan fingerprint density at radius 2 is 1.52 bits per heavy atom. The summed E-state index contributed by atoms with van der Waals surface area (Å²) in [5, 5.41) is 9.65. The molecule has 1 aliphatic rings. The Bertz CT molecular complexity index is 712. The molecule has 1 heterocycles. The Kier molecular flexibility index (Phi) is 7.46. The molecule has 0 aliphatic carbocycles. The van der Waals surface area contributed by atoms with Gasteiger partial charge < -0.3 is 5.11 Å². The van der Waals surface area contributed by atoms with Crippen molar-refractivity contribution in [2.75, 3.05) is 19.7 Å². The summed E-state index contributed by atoms with van der Waals surface area (Å²) in [6, 6.07) is 4.79. The summed E-state index contributed by atoms with van der Waals surface area (Å²) < 4.78 is 61.6. The van der Waals surface area contributed by atoms with Gasteiger partial charge in [-0.25, -0.2) is 0 Å². The predicted molar refractivity (Wildman–Crippen MR) is 106 cm³/mol. The van der Waals surface area contributed by atoms with E-state index >= 15 is 0 Å². The van der Waals surface area contributed by atoms with E-state index in [1.54, 1.807) is 0 Å². The van der Waals surface area contributed by atoms with Crippen LogP contribution >= 0.6 is 7.81 Å². The van der Waals surface area contributed by atoms with E-state index in [-0.39, 0.29) is 12.6 Å². The zero-order valence-corrected chi connectivity index (χ0v) is 18.4. The van der Waals surface area contributed by atoms with Crippen LogP contribution in [0.25, 0.3) is 0 Å². The zero-order valence-electron chi connectivity index (χ0n) is 17.5. The second kappa shape index (κ2) is 8.42. The summed E-state index contributed by atoms with van der Waals surface area (Å²) in [6.07, 6.45) is 3.27. The van der Waals surface area contributed by atoms with Crippen molar-refractivity contribution in [1.82, 2.24) is 4.90 Å². The van der Waals surface area contributed by atoms with Crippen LogP contribution < -0.4 is 0 Å². The van der Waals surface area contributed by atoms with Crippen LogP contribution in [0.15, 0.2) is 12.1 Å². The molecule has 1 atom stereocenters. The number of aryl methyl sites for hydroxylation is 3. The minimum absolute atomic E-state index is 0.241. The molecule has 2 rings (SSSR count). The third kappa shape index (κ3) is 11.4. The van der Waals surface area contributed by atoms with Gasteiger partial charge in [-0.15, -0.1) is 0 Å². The predicted octanol–water partition coefficient (Wildman–Crippen LogP) is 6.26. The number of nitrogens with zero attached hydrogens (tertiary/aromatic N) is 2. The Hall–Kier alpha value is -1.34. The van der Waals surface area contributed by atoms with E-state index < -0.39 is 7.81 Å². The second-order valence-corrected chi connectivity index (χ2v) is 10.0. The van der Waals surface area contributed by atoms with Crippen molar-refractivity contribution < 1.29 is 34.9 Å². The van der Waals surface area contributed by atoms with Crippen molar-refractivity contribution in [3.63, 3.8) is 0 Å². The number of hydrogen-bond donors (Lipinski definition) is 1. The Morgan fingerprint density at radius 3 is 1.93 bits per heavy atom. The molecule has 0 amide bonds. The van der Waals surface area contributed by atoms with Crippen molar-refractivity contribution in [1.29, 1.82) is 0 Å². The Morgan fingerprint density at radius 1 is 1.03 bits per heavy atom. The minimum atomic E-state index is -10.7. The van der Waals surface area contributed by atoms with E-state index in [4.69, 9.17) is 0 Å². The quantitative estimate of drug-likeness (QED) is 0.316. The molecule has 0 saturated carbocycles. The van der Waals surface area contributed by atoms with Gasteiger partial charge in [0.25, 0.3) is 0 Å². The summed E-state index contributed by atoms with van der Waals surface area (Å²) in [5.41, 5.74) is 5.53. The average molecular weight is 448 g/mol. The summed E-state index contributed by atoms with van der Waals surface area (Å²) in [7, 11) is -10.7. The van der Waals surface area contributed by atoms with Gasteiger partial charge >= 0.3 is 33.0 Å². The first-order chi connectivity index (χ1) is 12.9. The molecule has 10 heteroatoms. The molecule has 170 valence electrons. The maximum atomic E-state index is 9.87. The first kappa shape index (κ1) is 25.7. The molecule has 1 N–H and O–H groups in total. The van der Waals surface area contributed by atoms with Crippen LogP contribution in [0.2, 0.25) is 0 Å². The fourth-order valence-electron chi connectivity index (χ4n) is 3.49. The SMILES string of the molecule is Cc1cc(C)c(C[N+]2=CN([C@H](CO)CC(C)C)CC2)c(C)c1.F[P-](F)(F)(F)(F)F. The topological polar surface area (TPSA) is 26.5 Å². The third-order valence-corrected chi connectivity index (χ3v) is 4.58. The number of rotatable bonds is 6. The van der Waals surface area contributed by atoms with E-state index in [1.807, 2.05) is 0 Å². The normalized spacial score (nSPS) is 18.0. The maximum absolute atomic E-state index is 10.7. The van der Waals surface area contributed by atoms with Gasteiger partial charge in [-0.3, -0.25) is 9.48 Å². The fraction of sp³-hybridized carbons (Fsp3) is 0.632.